The average molecular weight is 491 g/mol. The van der Waals surface area contributed by atoms with Gasteiger partial charge in [-0.25, -0.2) is 18.7 Å². The SMILES string of the molecule is O=C(CN1C[C@@]2(CC2F)c2c(ccc(Br)c2F)C1=O)Nc1ncc(C(F)(F)F)cn1. The van der Waals surface area contributed by atoms with E-state index in [-0.39, 0.29) is 34.5 Å². The smallest absolute Gasteiger partial charge is 0.328 e. The topological polar surface area (TPSA) is 75.2 Å². The molecule has 158 valence electrons. The second-order valence-corrected chi connectivity index (χ2v) is 7.97. The highest BCUT2D eigenvalue weighted by Crippen LogP contribution is 2.55. The molecule has 1 aromatic heterocycles. The first-order valence-electron chi connectivity index (χ1n) is 8.64. The minimum absolute atomic E-state index is 0.00268. The van der Waals surface area contributed by atoms with Crippen molar-refractivity contribution < 1.29 is 31.5 Å². The average Bonchev–Trinajstić information content (AvgIpc) is 3.30. The van der Waals surface area contributed by atoms with Gasteiger partial charge in [0.25, 0.3) is 5.91 Å². The van der Waals surface area contributed by atoms with Crippen molar-refractivity contribution >= 4 is 33.7 Å². The third-order valence-electron chi connectivity index (χ3n) is 5.13. The monoisotopic (exact) mass is 490 g/mol. The number of nitrogens with zero attached hydrogens (tertiary/aromatic N) is 3. The molecule has 0 saturated heterocycles. The minimum Gasteiger partial charge on any atom is -0.328 e. The molecule has 2 amide bonds. The molecule has 1 aliphatic heterocycles. The van der Waals surface area contributed by atoms with Crippen molar-refractivity contribution in [1.29, 1.82) is 0 Å². The maximum Gasteiger partial charge on any atom is 0.419 e. The fourth-order valence-corrected chi connectivity index (χ4v) is 3.90. The lowest BCUT2D eigenvalue weighted by molar-refractivity contribution is -0.138. The summed E-state index contributed by atoms with van der Waals surface area (Å²) in [6.45, 7) is -0.719. The molecule has 6 nitrogen and oxygen atoms in total. The van der Waals surface area contributed by atoms with E-state index in [1.807, 2.05) is 0 Å². The van der Waals surface area contributed by atoms with Gasteiger partial charge in [-0.1, -0.05) is 0 Å². The number of amides is 2. The molecule has 4 rings (SSSR count). The molecular formula is C18H12BrF5N4O2. The van der Waals surface area contributed by atoms with Gasteiger partial charge in [0, 0.05) is 30.1 Å². The lowest BCUT2D eigenvalue weighted by Gasteiger charge is -2.34. The summed E-state index contributed by atoms with van der Waals surface area (Å²) in [5.74, 6) is -2.51. The molecule has 1 unspecified atom stereocenters. The van der Waals surface area contributed by atoms with Gasteiger partial charge < -0.3 is 4.90 Å². The van der Waals surface area contributed by atoms with Gasteiger partial charge in [0.05, 0.1) is 15.5 Å². The molecule has 2 atom stereocenters. The van der Waals surface area contributed by atoms with Crippen molar-refractivity contribution in [3.8, 4) is 0 Å². The van der Waals surface area contributed by atoms with E-state index < -0.39 is 47.5 Å². The van der Waals surface area contributed by atoms with Gasteiger partial charge in [0.2, 0.25) is 11.9 Å². The molecule has 12 heteroatoms. The van der Waals surface area contributed by atoms with Crippen molar-refractivity contribution in [2.75, 3.05) is 18.4 Å². The van der Waals surface area contributed by atoms with Crippen LogP contribution in [-0.4, -0.2) is 45.9 Å². The fourth-order valence-electron chi connectivity index (χ4n) is 3.56. The molecular weight excluding hydrogens is 479 g/mol. The Bertz CT molecular complexity index is 1050. The number of rotatable bonds is 3. The van der Waals surface area contributed by atoms with E-state index in [9.17, 15) is 31.5 Å². The molecule has 2 heterocycles. The van der Waals surface area contributed by atoms with E-state index in [1.165, 1.54) is 12.1 Å². The minimum atomic E-state index is -4.62. The maximum atomic E-state index is 14.6. The zero-order valence-electron chi connectivity index (χ0n) is 14.9. The summed E-state index contributed by atoms with van der Waals surface area (Å²) in [5, 5.41) is 2.19. The standard InChI is InChI=1S/C18H12BrF5N4O2/c19-10-2-1-9-13(14(10)21)17(3-11(17)20)7-28(15(9)30)6-12(29)27-16-25-4-8(5-26-16)18(22,23)24/h1-2,4-5,11H,3,6-7H2,(H,25,26,27,29)/t11?,17-/m1/s1. The van der Waals surface area contributed by atoms with Crippen LogP contribution in [0.3, 0.4) is 0 Å². The Kier molecular flexibility index (Phi) is 4.79. The highest BCUT2D eigenvalue weighted by Gasteiger charge is 2.62. The fraction of sp³-hybridized carbons (Fsp3) is 0.333. The Morgan fingerprint density at radius 2 is 1.93 bits per heavy atom. The van der Waals surface area contributed by atoms with Crippen LogP contribution in [0.5, 0.6) is 0 Å². The van der Waals surface area contributed by atoms with Gasteiger partial charge in [-0.2, -0.15) is 13.2 Å². The van der Waals surface area contributed by atoms with Gasteiger partial charge in [-0.05, 0) is 34.5 Å². The highest BCUT2D eigenvalue weighted by atomic mass is 79.9. The Morgan fingerprint density at radius 3 is 2.50 bits per heavy atom. The van der Waals surface area contributed by atoms with Crippen LogP contribution in [0.15, 0.2) is 29.0 Å². The first kappa shape index (κ1) is 20.6. The molecule has 1 aliphatic carbocycles. The summed E-state index contributed by atoms with van der Waals surface area (Å²) in [7, 11) is 0. The van der Waals surface area contributed by atoms with Crippen LogP contribution in [0, 0.1) is 5.82 Å². The third kappa shape index (κ3) is 3.42. The van der Waals surface area contributed by atoms with Crippen LogP contribution in [-0.2, 0) is 16.4 Å². The summed E-state index contributed by atoms with van der Waals surface area (Å²) in [6, 6.07) is 2.69. The first-order chi connectivity index (χ1) is 14.0. The predicted molar refractivity (Wildman–Crippen MR) is 96.9 cm³/mol. The summed E-state index contributed by atoms with van der Waals surface area (Å²) in [5.41, 5.74) is -2.33. The Morgan fingerprint density at radius 1 is 1.30 bits per heavy atom. The second kappa shape index (κ2) is 6.96. The largest absolute Gasteiger partial charge is 0.419 e. The molecule has 2 aromatic rings. The maximum absolute atomic E-state index is 14.6. The van der Waals surface area contributed by atoms with Crippen LogP contribution < -0.4 is 5.32 Å². The summed E-state index contributed by atoms with van der Waals surface area (Å²) < 4.78 is 66.6. The van der Waals surface area contributed by atoms with Crippen molar-refractivity contribution in [2.45, 2.75) is 24.2 Å². The van der Waals surface area contributed by atoms with Crippen LogP contribution in [0.1, 0.15) is 27.9 Å². The van der Waals surface area contributed by atoms with E-state index in [1.54, 1.807) is 0 Å². The lowest BCUT2D eigenvalue weighted by Crippen LogP contribution is -2.48. The molecule has 0 bridgehead atoms. The molecule has 1 aromatic carbocycles. The number of hydrogen-bond donors (Lipinski definition) is 1. The van der Waals surface area contributed by atoms with Crippen LogP contribution in [0.25, 0.3) is 0 Å². The number of alkyl halides is 4. The number of nitrogens with one attached hydrogen (secondary N) is 1. The van der Waals surface area contributed by atoms with E-state index in [0.717, 1.165) is 4.90 Å². The molecule has 1 saturated carbocycles. The Hall–Kier alpha value is -2.63. The second-order valence-electron chi connectivity index (χ2n) is 7.11. The number of carbonyl (C=O) groups is 2. The third-order valence-corrected chi connectivity index (χ3v) is 5.74. The van der Waals surface area contributed by atoms with Crippen molar-refractivity contribution in [2.24, 2.45) is 0 Å². The number of carbonyl (C=O) groups excluding carboxylic acids is 2. The number of fused-ring (bicyclic) bond motifs is 2. The van der Waals surface area contributed by atoms with Crippen LogP contribution in [0.4, 0.5) is 27.9 Å². The molecule has 1 N–H and O–H groups in total. The van der Waals surface area contributed by atoms with Gasteiger partial charge in [-0.3, -0.25) is 14.9 Å². The summed E-state index contributed by atoms with van der Waals surface area (Å²) >= 11 is 3.03. The molecule has 1 spiro atoms. The van der Waals surface area contributed by atoms with E-state index in [4.69, 9.17) is 0 Å². The quantitative estimate of drug-likeness (QED) is 0.668. The van der Waals surface area contributed by atoms with Crippen molar-refractivity contribution in [3.63, 3.8) is 0 Å². The van der Waals surface area contributed by atoms with Gasteiger partial charge >= 0.3 is 6.18 Å². The molecule has 2 aliphatic rings. The number of halogens is 6. The van der Waals surface area contributed by atoms with Crippen LogP contribution in [0.2, 0.25) is 0 Å². The summed E-state index contributed by atoms with van der Waals surface area (Å²) in [6.07, 6.45) is -4.95. The predicted octanol–water partition coefficient (Wildman–Crippen LogP) is 3.47. The Labute approximate surface area is 174 Å². The first-order valence-corrected chi connectivity index (χ1v) is 9.43. The van der Waals surface area contributed by atoms with Gasteiger partial charge in [0.15, 0.2) is 0 Å². The highest BCUT2D eigenvalue weighted by molar-refractivity contribution is 9.10. The van der Waals surface area contributed by atoms with E-state index in [2.05, 4.69) is 31.2 Å². The van der Waals surface area contributed by atoms with E-state index >= 15 is 0 Å². The number of aromatic nitrogens is 2. The number of anilines is 1. The molecule has 0 radical (unpaired) electrons. The van der Waals surface area contributed by atoms with Gasteiger partial charge in [-0.15, -0.1) is 0 Å². The van der Waals surface area contributed by atoms with Crippen LogP contribution >= 0.6 is 15.9 Å². The lowest BCUT2D eigenvalue weighted by atomic mass is 9.85. The van der Waals surface area contributed by atoms with Crippen molar-refractivity contribution in [3.05, 3.63) is 51.5 Å². The normalized spacial score (nSPS) is 22.8. The van der Waals surface area contributed by atoms with Gasteiger partial charge in [0.1, 0.15) is 18.5 Å². The zero-order valence-corrected chi connectivity index (χ0v) is 16.5. The Balaban J connectivity index is 1.52. The molecule has 1 fully saturated rings. The zero-order chi connectivity index (χ0) is 21.8. The summed E-state index contributed by atoms with van der Waals surface area (Å²) in [4.78, 5) is 32.9. The van der Waals surface area contributed by atoms with Crippen molar-refractivity contribution in [1.82, 2.24) is 14.9 Å². The number of hydrogen-bond acceptors (Lipinski definition) is 4. The van der Waals surface area contributed by atoms with E-state index in [0.29, 0.717) is 12.4 Å². The molecule has 30 heavy (non-hydrogen) atoms. The number of benzene rings is 1.